The maximum atomic E-state index is 5.65. The summed E-state index contributed by atoms with van der Waals surface area (Å²) in [4.78, 5) is 8.65. The molecule has 3 rings (SSSR count). The first-order chi connectivity index (χ1) is 9.78. The number of nitrogens with one attached hydrogen (secondary N) is 1. The van der Waals surface area contributed by atoms with Gasteiger partial charge in [-0.2, -0.15) is 0 Å². The predicted molar refractivity (Wildman–Crippen MR) is 81.0 cm³/mol. The lowest BCUT2D eigenvalue weighted by Gasteiger charge is -2.10. The molecule has 0 aliphatic rings. The van der Waals surface area contributed by atoms with E-state index >= 15 is 0 Å². The van der Waals surface area contributed by atoms with E-state index in [1.165, 1.54) is 5.56 Å². The molecule has 1 aromatic carbocycles. The van der Waals surface area contributed by atoms with E-state index < -0.39 is 0 Å². The van der Waals surface area contributed by atoms with Crippen LogP contribution in [0.25, 0.3) is 11.0 Å². The Labute approximate surface area is 117 Å². The Morgan fingerprint density at radius 2 is 2.15 bits per heavy atom. The largest absolute Gasteiger partial charge is 0.342 e. The van der Waals surface area contributed by atoms with Crippen LogP contribution in [0.15, 0.2) is 42.9 Å². The number of fused-ring (bicyclic) bond motifs is 1. The summed E-state index contributed by atoms with van der Waals surface area (Å²) in [5.41, 5.74) is 9.78. The van der Waals surface area contributed by atoms with E-state index in [2.05, 4.69) is 38.9 Å². The molecular formula is C15H17N5. The topological polar surface area (TPSA) is 68.8 Å². The zero-order chi connectivity index (χ0) is 13.9. The molecule has 0 aliphatic carbocycles. The number of nitrogens with two attached hydrogens (primary N) is 1. The molecule has 5 nitrogen and oxygen atoms in total. The van der Waals surface area contributed by atoms with Crippen LogP contribution < -0.4 is 11.1 Å². The number of hydrogen-bond donors (Lipinski definition) is 2. The quantitative estimate of drug-likeness (QED) is 0.762. The van der Waals surface area contributed by atoms with Crippen molar-refractivity contribution in [2.24, 2.45) is 5.73 Å². The van der Waals surface area contributed by atoms with Crippen LogP contribution in [0.3, 0.4) is 0 Å². The number of nitrogens with zero attached hydrogens (tertiary/aromatic N) is 3. The van der Waals surface area contributed by atoms with E-state index in [0.717, 1.165) is 29.1 Å². The zero-order valence-corrected chi connectivity index (χ0v) is 11.4. The summed E-state index contributed by atoms with van der Waals surface area (Å²) in [7, 11) is 0. The second kappa shape index (κ2) is 5.30. The third-order valence-corrected chi connectivity index (χ3v) is 3.20. The lowest BCUT2D eigenvalue weighted by atomic mass is 10.2. The molecule has 0 amide bonds. The minimum Gasteiger partial charge on any atom is -0.342 e. The molecule has 2 aromatic heterocycles. The van der Waals surface area contributed by atoms with Gasteiger partial charge in [0, 0.05) is 25.0 Å². The van der Waals surface area contributed by atoms with Crippen molar-refractivity contribution in [3.63, 3.8) is 0 Å². The predicted octanol–water partition coefficient (Wildman–Crippen LogP) is 2.44. The number of aryl methyl sites for hydroxylation is 1. The number of aromatic nitrogens is 3. The van der Waals surface area contributed by atoms with Crippen molar-refractivity contribution in [2.75, 3.05) is 11.9 Å². The molecule has 0 saturated carbocycles. The fraction of sp³-hybridized carbons (Fsp3) is 0.200. The standard InChI is InChI=1S/C15H17N5/c1-11-3-2-4-12(9-11)19-15-14-13(17-10-18-15)5-7-20(14)8-6-16/h2-5,7,9-10H,6,8,16H2,1H3,(H,17,18,19). The van der Waals surface area contributed by atoms with E-state index in [-0.39, 0.29) is 0 Å². The molecule has 3 N–H and O–H groups in total. The van der Waals surface area contributed by atoms with Crippen molar-refractivity contribution in [1.29, 1.82) is 0 Å². The van der Waals surface area contributed by atoms with Gasteiger partial charge in [0.05, 0.1) is 5.52 Å². The normalized spacial score (nSPS) is 10.9. The maximum absolute atomic E-state index is 5.65. The molecule has 0 spiro atoms. The third-order valence-electron chi connectivity index (χ3n) is 3.20. The van der Waals surface area contributed by atoms with Crippen molar-refractivity contribution < 1.29 is 0 Å². The summed E-state index contributed by atoms with van der Waals surface area (Å²) < 4.78 is 2.08. The fourth-order valence-corrected chi connectivity index (χ4v) is 2.31. The highest BCUT2D eigenvalue weighted by Gasteiger charge is 2.09. The van der Waals surface area contributed by atoms with E-state index in [1.807, 2.05) is 24.4 Å². The molecule has 2 heterocycles. The van der Waals surface area contributed by atoms with Crippen LogP contribution in [-0.2, 0) is 6.54 Å². The maximum Gasteiger partial charge on any atom is 0.158 e. The molecule has 0 bridgehead atoms. The monoisotopic (exact) mass is 267 g/mol. The van der Waals surface area contributed by atoms with Gasteiger partial charge in [0.1, 0.15) is 11.8 Å². The van der Waals surface area contributed by atoms with E-state index in [9.17, 15) is 0 Å². The van der Waals surface area contributed by atoms with Crippen molar-refractivity contribution in [1.82, 2.24) is 14.5 Å². The molecular weight excluding hydrogens is 250 g/mol. The molecule has 102 valence electrons. The Morgan fingerprint density at radius 3 is 2.95 bits per heavy atom. The Kier molecular flexibility index (Phi) is 3.35. The summed E-state index contributed by atoms with van der Waals surface area (Å²) in [5.74, 6) is 0.805. The van der Waals surface area contributed by atoms with Gasteiger partial charge in [0.25, 0.3) is 0 Å². The second-order valence-electron chi connectivity index (χ2n) is 4.75. The smallest absolute Gasteiger partial charge is 0.158 e. The molecule has 0 aliphatic heterocycles. The third kappa shape index (κ3) is 2.35. The first-order valence-corrected chi connectivity index (χ1v) is 6.61. The molecule has 20 heavy (non-hydrogen) atoms. The zero-order valence-electron chi connectivity index (χ0n) is 11.4. The molecule has 0 atom stereocenters. The van der Waals surface area contributed by atoms with Gasteiger partial charge in [-0.05, 0) is 30.7 Å². The molecule has 5 heteroatoms. The fourth-order valence-electron chi connectivity index (χ4n) is 2.31. The van der Waals surface area contributed by atoms with Gasteiger partial charge < -0.3 is 15.6 Å². The Bertz CT molecular complexity index is 732. The summed E-state index contributed by atoms with van der Waals surface area (Å²) >= 11 is 0. The lowest BCUT2D eigenvalue weighted by Crippen LogP contribution is -2.10. The highest BCUT2D eigenvalue weighted by Crippen LogP contribution is 2.24. The average molecular weight is 267 g/mol. The van der Waals surface area contributed by atoms with Gasteiger partial charge in [0.2, 0.25) is 0 Å². The van der Waals surface area contributed by atoms with Crippen molar-refractivity contribution >= 4 is 22.5 Å². The summed E-state index contributed by atoms with van der Waals surface area (Å²) in [6.07, 6.45) is 3.57. The van der Waals surface area contributed by atoms with Crippen molar-refractivity contribution in [2.45, 2.75) is 13.5 Å². The van der Waals surface area contributed by atoms with Crippen LogP contribution >= 0.6 is 0 Å². The average Bonchev–Trinajstić information content (AvgIpc) is 2.84. The molecule has 0 saturated heterocycles. The second-order valence-corrected chi connectivity index (χ2v) is 4.75. The summed E-state index contributed by atoms with van der Waals surface area (Å²) in [5, 5.41) is 3.36. The molecule has 0 radical (unpaired) electrons. The Hall–Kier alpha value is -2.40. The van der Waals surface area contributed by atoms with Crippen LogP contribution in [0.2, 0.25) is 0 Å². The number of anilines is 2. The van der Waals surface area contributed by atoms with Gasteiger partial charge in [-0.25, -0.2) is 9.97 Å². The minimum atomic E-state index is 0.586. The van der Waals surface area contributed by atoms with Gasteiger partial charge in [0.15, 0.2) is 5.82 Å². The van der Waals surface area contributed by atoms with Crippen LogP contribution in [-0.4, -0.2) is 21.1 Å². The number of rotatable bonds is 4. The van der Waals surface area contributed by atoms with Gasteiger partial charge in [-0.3, -0.25) is 0 Å². The minimum absolute atomic E-state index is 0.586. The van der Waals surface area contributed by atoms with Crippen LogP contribution in [0.5, 0.6) is 0 Å². The molecule has 0 unspecified atom stereocenters. The van der Waals surface area contributed by atoms with Crippen LogP contribution in [0, 0.1) is 6.92 Å². The number of hydrogen-bond acceptors (Lipinski definition) is 4. The number of benzene rings is 1. The van der Waals surface area contributed by atoms with Crippen molar-refractivity contribution in [3.8, 4) is 0 Å². The van der Waals surface area contributed by atoms with Crippen LogP contribution in [0.1, 0.15) is 5.56 Å². The highest BCUT2D eigenvalue weighted by atomic mass is 15.1. The van der Waals surface area contributed by atoms with E-state index in [0.29, 0.717) is 6.54 Å². The molecule has 3 aromatic rings. The van der Waals surface area contributed by atoms with Gasteiger partial charge in [-0.15, -0.1) is 0 Å². The van der Waals surface area contributed by atoms with Gasteiger partial charge >= 0.3 is 0 Å². The molecule has 0 fully saturated rings. The van der Waals surface area contributed by atoms with Gasteiger partial charge in [-0.1, -0.05) is 12.1 Å². The summed E-state index contributed by atoms with van der Waals surface area (Å²) in [6.45, 7) is 3.40. The summed E-state index contributed by atoms with van der Waals surface area (Å²) in [6, 6.07) is 10.2. The first-order valence-electron chi connectivity index (χ1n) is 6.61. The van der Waals surface area contributed by atoms with Crippen molar-refractivity contribution in [3.05, 3.63) is 48.4 Å². The van der Waals surface area contributed by atoms with E-state index in [4.69, 9.17) is 5.73 Å². The van der Waals surface area contributed by atoms with Crippen LogP contribution in [0.4, 0.5) is 11.5 Å². The SMILES string of the molecule is Cc1cccc(Nc2ncnc3ccn(CCN)c23)c1. The Balaban J connectivity index is 2.04. The first kappa shape index (κ1) is 12.6. The highest BCUT2D eigenvalue weighted by molar-refractivity contribution is 5.88. The van der Waals surface area contributed by atoms with E-state index in [1.54, 1.807) is 6.33 Å². The lowest BCUT2D eigenvalue weighted by molar-refractivity contribution is 0.735. The Morgan fingerprint density at radius 1 is 1.25 bits per heavy atom.